The third-order valence-corrected chi connectivity index (χ3v) is 7.39. The number of rotatable bonds is 16. The first-order valence-electron chi connectivity index (χ1n) is 11.0. The summed E-state index contributed by atoms with van der Waals surface area (Å²) in [7, 11) is 0. The summed E-state index contributed by atoms with van der Waals surface area (Å²) in [6.45, 7) is 7.95. The van der Waals surface area contributed by atoms with Gasteiger partial charge in [-0.05, 0) is 19.3 Å². The predicted molar refractivity (Wildman–Crippen MR) is 147 cm³/mol. The summed E-state index contributed by atoms with van der Waals surface area (Å²) in [5, 5.41) is 11.0. The van der Waals surface area contributed by atoms with Gasteiger partial charge in [-0.3, -0.25) is 19.2 Å². The molecule has 0 radical (unpaired) electrons. The molecule has 0 unspecified atom stereocenters. The number of carbonyl (C=O) groups excluding carboxylic acids is 4. The highest BCUT2D eigenvalue weighted by Gasteiger charge is 2.30. The quantitative estimate of drug-likeness (QED) is 0.111. The third-order valence-electron chi connectivity index (χ3n) is 5.08. The molecule has 0 bridgehead atoms. The molecular weight excluding hydrogens is 501 g/mol. The molecule has 8 nitrogen and oxygen atoms in total. The van der Waals surface area contributed by atoms with Crippen LogP contribution in [-0.2, 0) is 19.2 Å². The minimum atomic E-state index is -0.708. The first-order valence-corrected chi connectivity index (χ1v) is 13.5. The molecule has 12 heteroatoms. The molecule has 0 aliphatic rings. The van der Waals surface area contributed by atoms with Gasteiger partial charge in [0, 0.05) is 36.1 Å². The minimum absolute atomic E-state index is 0.195. The van der Waals surface area contributed by atoms with Gasteiger partial charge in [-0.25, -0.2) is 0 Å². The lowest BCUT2D eigenvalue weighted by Gasteiger charge is -2.25. The Kier molecular flexibility index (Phi) is 15.7. The Morgan fingerprint density at radius 2 is 0.970 bits per heavy atom. The lowest BCUT2D eigenvalue weighted by Crippen LogP contribution is -2.52. The van der Waals surface area contributed by atoms with Gasteiger partial charge in [0.05, 0.1) is 10.8 Å². The Morgan fingerprint density at radius 3 is 1.24 bits per heavy atom. The zero-order valence-corrected chi connectivity index (χ0v) is 23.5. The van der Waals surface area contributed by atoms with Crippen molar-refractivity contribution in [2.45, 2.75) is 59.0 Å². The summed E-state index contributed by atoms with van der Waals surface area (Å²) in [6.07, 6.45) is 2.23. The molecule has 2 atom stereocenters. The topological polar surface area (TPSA) is 116 Å². The molecule has 4 amide bonds. The van der Waals surface area contributed by atoms with Crippen molar-refractivity contribution in [1.29, 1.82) is 0 Å². The van der Waals surface area contributed by atoms with Crippen LogP contribution in [0.25, 0.3) is 0 Å². The van der Waals surface area contributed by atoms with Crippen LogP contribution in [0, 0.1) is 10.8 Å². The highest BCUT2D eigenvalue weighted by atomic mass is 32.1. The van der Waals surface area contributed by atoms with Gasteiger partial charge in [0.25, 0.3) is 0 Å². The van der Waals surface area contributed by atoms with Gasteiger partial charge < -0.3 is 21.3 Å². The van der Waals surface area contributed by atoms with Crippen LogP contribution in [0.2, 0.25) is 0 Å². The van der Waals surface area contributed by atoms with Gasteiger partial charge in [-0.1, -0.05) is 27.7 Å². The lowest BCUT2D eigenvalue weighted by molar-refractivity contribution is -0.132. The summed E-state index contributed by atoms with van der Waals surface area (Å²) in [5.74, 6) is 0.0762. The molecular formula is C21H40N4O4S4. The SMILES string of the molecule is CC(C)(CS)C(=O)N[C@@H](CS)C(=O)NCCCCCNC(=O)[C@H](CS)NC(=O)C(C)(C)CS. The maximum atomic E-state index is 12.3. The van der Waals surface area contributed by atoms with Gasteiger partial charge in [0.2, 0.25) is 23.6 Å². The zero-order chi connectivity index (χ0) is 25.7. The van der Waals surface area contributed by atoms with E-state index in [2.05, 4.69) is 71.8 Å². The molecule has 0 aliphatic heterocycles. The number of hydrogen-bond acceptors (Lipinski definition) is 8. The van der Waals surface area contributed by atoms with Crippen molar-refractivity contribution in [3.05, 3.63) is 0 Å². The molecule has 0 fully saturated rings. The van der Waals surface area contributed by atoms with Gasteiger partial charge in [-0.2, -0.15) is 50.5 Å². The standard InChI is InChI=1S/C21H40N4O4S4/c1-20(2,12-32)18(28)24-14(10-30)16(26)22-8-6-5-7-9-23-17(27)15(11-31)25-19(29)21(3,4)13-33/h14-15,30-33H,5-13H2,1-4H3,(H,22,26)(H,23,27)(H,24,28)(H,25,29)/t14-,15-/m0/s1. The molecule has 0 aliphatic carbocycles. The number of amides is 4. The average Bonchev–Trinajstić information content (AvgIpc) is 2.79. The molecule has 4 N–H and O–H groups in total. The summed E-state index contributed by atoms with van der Waals surface area (Å²) in [5.41, 5.74) is -1.35. The van der Waals surface area contributed by atoms with E-state index in [4.69, 9.17) is 0 Å². The first-order chi connectivity index (χ1) is 15.4. The van der Waals surface area contributed by atoms with Crippen molar-refractivity contribution < 1.29 is 19.2 Å². The van der Waals surface area contributed by atoms with Crippen LogP contribution >= 0.6 is 50.5 Å². The van der Waals surface area contributed by atoms with Gasteiger partial charge >= 0.3 is 0 Å². The number of unbranched alkanes of at least 4 members (excludes halogenated alkanes) is 2. The molecule has 0 aromatic heterocycles. The Hall–Kier alpha value is -0.720. The van der Waals surface area contributed by atoms with Crippen LogP contribution in [-0.4, -0.2) is 71.8 Å². The second kappa shape index (κ2) is 16.0. The van der Waals surface area contributed by atoms with E-state index in [1.807, 2.05) is 0 Å². The fourth-order valence-corrected chi connectivity index (χ4v) is 3.14. The van der Waals surface area contributed by atoms with Crippen LogP contribution in [0.15, 0.2) is 0 Å². The molecule has 0 heterocycles. The third kappa shape index (κ3) is 12.0. The second-order valence-corrected chi connectivity index (χ2v) is 10.5. The number of thiol groups is 4. The molecule has 0 spiro atoms. The van der Waals surface area contributed by atoms with E-state index < -0.39 is 22.9 Å². The van der Waals surface area contributed by atoms with Gasteiger partial charge in [-0.15, -0.1) is 0 Å². The molecule has 0 saturated heterocycles. The van der Waals surface area contributed by atoms with Crippen molar-refractivity contribution in [3.63, 3.8) is 0 Å². The van der Waals surface area contributed by atoms with E-state index in [0.29, 0.717) is 24.6 Å². The van der Waals surface area contributed by atoms with E-state index in [1.165, 1.54) is 0 Å². The van der Waals surface area contributed by atoms with Crippen LogP contribution < -0.4 is 21.3 Å². The Labute approximate surface area is 220 Å². The van der Waals surface area contributed by atoms with Crippen LogP contribution in [0.4, 0.5) is 0 Å². The van der Waals surface area contributed by atoms with E-state index in [0.717, 1.165) is 19.3 Å². The maximum absolute atomic E-state index is 12.3. The van der Waals surface area contributed by atoms with E-state index in [9.17, 15) is 19.2 Å². The Morgan fingerprint density at radius 1 is 0.636 bits per heavy atom. The smallest absolute Gasteiger partial charge is 0.243 e. The van der Waals surface area contributed by atoms with Crippen molar-refractivity contribution >= 4 is 74.1 Å². The summed E-state index contributed by atoms with van der Waals surface area (Å²) >= 11 is 16.7. The highest BCUT2D eigenvalue weighted by Crippen LogP contribution is 2.17. The number of carbonyl (C=O) groups is 4. The normalized spacial score (nSPS) is 13.6. The van der Waals surface area contributed by atoms with E-state index in [-0.39, 0.29) is 35.1 Å². The number of nitrogens with one attached hydrogen (secondary N) is 4. The molecule has 0 aromatic rings. The van der Waals surface area contributed by atoms with Gasteiger partial charge in [0.1, 0.15) is 12.1 Å². The molecule has 192 valence electrons. The van der Waals surface area contributed by atoms with Crippen molar-refractivity contribution in [3.8, 4) is 0 Å². The molecule has 0 aromatic carbocycles. The van der Waals surface area contributed by atoms with Crippen LogP contribution in [0.1, 0.15) is 47.0 Å². The van der Waals surface area contributed by atoms with Crippen molar-refractivity contribution in [2.75, 3.05) is 36.1 Å². The van der Waals surface area contributed by atoms with E-state index in [1.54, 1.807) is 27.7 Å². The summed E-state index contributed by atoms with van der Waals surface area (Å²) in [6, 6.07) is -1.42. The van der Waals surface area contributed by atoms with Gasteiger partial charge in [0.15, 0.2) is 0 Å². The molecule has 0 rings (SSSR count). The van der Waals surface area contributed by atoms with Crippen molar-refractivity contribution in [2.24, 2.45) is 10.8 Å². The Balaban J connectivity index is 4.22. The minimum Gasteiger partial charge on any atom is -0.354 e. The number of hydrogen-bond donors (Lipinski definition) is 8. The fourth-order valence-electron chi connectivity index (χ4n) is 2.34. The maximum Gasteiger partial charge on any atom is 0.243 e. The largest absolute Gasteiger partial charge is 0.354 e. The first kappa shape index (κ1) is 32.3. The molecule has 33 heavy (non-hydrogen) atoms. The Bertz CT molecular complexity index is 608. The van der Waals surface area contributed by atoms with E-state index >= 15 is 0 Å². The summed E-state index contributed by atoms with van der Waals surface area (Å²) < 4.78 is 0. The molecule has 0 saturated carbocycles. The predicted octanol–water partition coefficient (Wildman–Crippen LogP) is 1.13. The van der Waals surface area contributed by atoms with Crippen LogP contribution in [0.5, 0.6) is 0 Å². The summed E-state index contributed by atoms with van der Waals surface area (Å²) in [4.78, 5) is 49.0. The monoisotopic (exact) mass is 540 g/mol. The fraction of sp³-hybridized carbons (Fsp3) is 0.810. The van der Waals surface area contributed by atoms with Crippen LogP contribution in [0.3, 0.4) is 0 Å². The zero-order valence-electron chi connectivity index (χ0n) is 19.9. The lowest BCUT2D eigenvalue weighted by atomic mass is 9.95. The highest BCUT2D eigenvalue weighted by molar-refractivity contribution is 7.80. The van der Waals surface area contributed by atoms with Crippen molar-refractivity contribution in [1.82, 2.24) is 21.3 Å². The second-order valence-electron chi connectivity index (χ2n) is 9.14. The average molecular weight is 541 g/mol.